The molecule has 6 heteroatoms. The summed E-state index contributed by atoms with van der Waals surface area (Å²) in [5.74, 6) is 0.851. The summed E-state index contributed by atoms with van der Waals surface area (Å²) in [5.41, 5.74) is 1.19. The Kier molecular flexibility index (Phi) is 10.8. The standard InChI is InChI=1S/C17H29ClN4.HI/c1-6-19-16(21-13-17(2,3)22(4)5)20-12-11-14-9-7-8-10-15(14)18;/h7-10H,6,11-13H2,1-5H3,(H2,19,20,21);1H. The fraction of sp³-hybridized carbons (Fsp3) is 0.588. The molecule has 1 aromatic rings. The van der Waals surface area contributed by atoms with Gasteiger partial charge in [-0.25, -0.2) is 0 Å². The average molecular weight is 453 g/mol. The van der Waals surface area contributed by atoms with E-state index in [1.807, 2.05) is 18.2 Å². The van der Waals surface area contributed by atoms with Crippen molar-refractivity contribution >= 4 is 41.5 Å². The van der Waals surface area contributed by atoms with Crippen LogP contribution in [-0.4, -0.2) is 50.1 Å². The van der Waals surface area contributed by atoms with Crippen molar-refractivity contribution in [3.05, 3.63) is 34.9 Å². The largest absolute Gasteiger partial charge is 0.357 e. The normalized spacial score (nSPS) is 12.0. The van der Waals surface area contributed by atoms with Crippen molar-refractivity contribution in [1.82, 2.24) is 15.5 Å². The second-order valence-electron chi connectivity index (χ2n) is 6.17. The lowest BCUT2D eigenvalue weighted by Gasteiger charge is -2.31. The topological polar surface area (TPSA) is 39.7 Å². The number of halogens is 2. The number of rotatable bonds is 7. The number of guanidine groups is 1. The lowest BCUT2D eigenvalue weighted by atomic mass is 10.1. The molecule has 0 atom stereocenters. The van der Waals surface area contributed by atoms with Crippen LogP contribution < -0.4 is 10.6 Å². The molecule has 1 rings (SSSR count). The van der Waals surface area contributed by atoms with Gasteiger partial charge < -0.3 is 15.5 Å². The highest BCUT2D eigenvalue weighted by molar-refractivity contribution is 14.0. The second-order valence-corrected chi connectivity index (χ2v) is 6.58. The molecule has 0 aliphatic carbocycles. The first-order chi connectivity index (χ1) is 10.4. The van der Waals surface area contributed by atoms with Crippen LogP contribution in [0.2, 0.25) is 5.02 Å². The Bertz CT molecular complexity index is 489. The number of hydrogen-bond acceptors (Lipinski definition) is 2. The van der Waals surface area contributed by atoms with Crippen LogP contribution >= 0.6 is 35.6 Å². The Hall–Kier alpha value is -0.530. The summed E-state index contributed by atoms with van der Waals surface area (Å²) in [7, 11) is 4.15. The number of hydrogen-bond donors (Lipinski definition) is 2. The summed E-state index contributed by atoms with van der Waals surface area (Å²) in [6.45, 7) is 8.83. The van der Waals surface area contributed by atoms with E-state index in [0.717, 1.165) is 42.6 Å². The lowest BCUT2D eigenvalue weighted by Crippen LogP contribution is -2.44. The minimum absolute atomic E-state index is 0. The van der Waals surface area contributed by atoms with Crippen LogP contribution in [0.5, 0.6) is 0 Å². The zero-order valence-corrected chi connectivity index (χ0v) is 17.9. The fourth-order valence-corrected chi connectivity index (χ4v) is 2.00. The fourth-order valence-electron chi connectivity index (χ4n) is 1.77. The monoisotopic (exact) mass is 452 g/mol. The maximum absolute atomic E-state index is 6.18. The maximum Gasteiger partial charge on any atom is 0.191 e. The highest BCUT2D eigenvalue weighted by Gasteiger charge is 2.19. The van der Waals surface area contributed by atoms with Gasteiger partial charge >= 0.3 is 0 Å². The summed E-state index contributed by atoms with van der Waals surface area (Å²) >= 11 is 6.18. The number of nitrogens with zero attached hydrogens (tertiary/aromatic N) is 2. The molecular weight excluding hydrogens is 423 g/mol. The van der Waals surface area contributed by atoms with Gasteiger partial charge in [0.05, 0.1) is 6.54 Å². The van der Waals surface area contributed by atoms with E-state index in [-0.39, 0.29) is 29.5 Å². The predicted molar refractivity (Wildman–Crippen MR) is 112 cm³/mol. The molecule has 0 aliphatic heterocycles. The van der Waals surface area contributed by atoms with Crippen molar-refractivity contribution in [2.24, 2.45) is 4.99 Å². The van der Waals surface area contributed by atoms with Crippen molar-refractivity contribution < 1.29 is 0 Å². The lowest BCUT2D eigenvalue weighted by molar-refractivity contribution is 0.204. The van der Waals surface area contributed by atoms with Gasteiger partial charge in [0.15, 0.2) is 5.96 Å². The van der Waals surface area contributed by atoms with Gasteiger partial charge in [0.25, 0.3) is 0 Å². The molecule has 0 bridgehead atoms. The van der Waals surface area contributed by atoms with Gasteiger partial charge in [-0.15, -0.1) is 24.0 Å². The Morgan fingerprint density at radius 1 is 1.22 bits per heavy atom. The van der Waals surface area contributed by atoms with E-state index < -0.39 is 0 Å². The molecule has 0 aromatic heterocycles. The van der Waals surface area contributed by atoms with Crippen molar-refractivity contribution in [3.63, 3.8) is 0 Å². The van der Waals surface area contributed by atoms with Gasteiger partial charge in [-0.3, -0.25) is 4.99 Å². The van der Waals surface area contributed by atoms with E-state index in [2.05, 4.69) is 61.5 Å². The van der Waals surface area contributed by atoms with Gasteiger partial charge in [-0.2, -0.15) is 0 Å². The molecule has 0 unspecified atom stereocenters. The van der Waals surface area contributed by atoms with E-state index in [4.69, 9.17) is 11.6 Å². The van der Waals surface area contributed by atoms with Crippen molar-refractivity contribution in [1.29, 1.82) is 0 Å². The van der Waals surface area contributed by atoms with Crippen LogP contribution in [0, 0.1) is 0 Å². The SMILES string of the molecule is CCNC(=NCC(C)(C)N(C)C)NCCc1ccccc1Cl.I. The summed E-state index contributed by atoms with van der Waals surface area (Å²) in [6.07, 6.45) is 0.876. The van der Waals surface area contributed by atoms with Gasteiger partial charge in [0.2, 0.25) is 0 Å². The van der Waals surface area contributed by atoms with E-state index in [9.17, 15) is 0 Å². The molecule has 0 saturated carbocycles. The van der Waals surface area contributed by atoms with E-state index in [0.29, 0.717) is 0 Å². The molecule has 2 N–H and O–H groups in total. The Morgan fingerprint density at radius 3 is 2.43 bits per heavy atom. The first kappa shape index (κ1) is 22.5. The Morgan fingerprint density at radius 2 is 1.87 bits per heavy atom. The molecule has 0 amide bonds. The predicted octanol–water partition coefficient (Wildman–Crippen LogP) is 3.40. The van der Waals surface area contributed by atoms with Crippen LogP contribution in [0.15, 0.2) is 29.3 Å². The third-order valence-electron chi connectivity index (χ3n) is 3.82. The molecule has 0 fully saturated rings. The van der Waals surface area contributed by atoms with Gasteiger partial charge in [0.1, 0.15) is 0 Å². The minimum Gasteiger partial charge on any atom is -0.357 e. The van der Waals surface area contributed by atoms with Crippen LogP contribution in [-0.2, 0) is 6.42 Å². The van der Waals surface area contributed by atoms with Crippen molar-refractivity contribution in [2.45, 2.75) is 32.7 Å². The van der Waals surface area contributed by atoms with E-state index in [1.54, 1.807) is 0 Å². The molecule has 0 heterocycles. The molecule has 1 aromatic carbocycles. The van der Waals surface area contributed by atoms with E-state index in [1.165, 1.54) is 0 Å². The first-order valence-electron chi connectivity index (χ1n) is 7.80. The second kappa shape index (κ2) is 11.1. The molecule has 0 spiro atoms. The molecule has 0 saturated heterocycles. The highest BCUT2D eigenvalue weighted by Crippen LogP contribution is 2.14. The summed E-state index contributed by atoms with van der Waals surface area (Å²) < 4.78 is 0. The van der Waals surface area contributed by atoms with Crippen molar-refractivity contribution in [2.75, 3.05) is 33.7 Å². The quantitative estimate of drug-likeness (QED) is 0.378. The highest BCUT2D eigenvalue weighted by atomic mass is 127. The Balaban J connectivity index is 0.00000484. The molecule has 23 heavy (non-hydrogen) atoms. The van der Waals surface area contributed by atoms with Crippen molar-refractivity contribution in [3.8, 4) is 0 Å². The van der Waals surface area contributed by atoms with Gasteiger partial charge in [-0.1, -0.05) is 29.8 Å². The number of nitrogens with one attached hydrogen (secondary N) is 2. The zero-order chi connectivity index (χ0) is 16.6. The summed E-state index contributed by atoms with van der Waals surface area (Å²) in [6, 6.07) is 7.95. The van der Waals surface area contributed by atoms with Gasteiger partial charge in [-0.05, 0) is 52.9 Å². The van der Waals surface area contributed by atoms with Gasteiger partial charge in [0, 0.05) is 23.7 Å². The number of likely N-dealkylation sites (N-methyl/N-ethyl adjacent to an activating group) is 1. The molecular formula is C17H30ClIN4. The average Bonchev–Trinajstić information content (AvgIpc) is 2.46. The molecule has 132 valence electrons. The number of aliphatic imine (C=N–C) groups is 1. The maximum atomic E-state index is 6.18. The van der Waals surface area contributed by atoms with Crippen LogP contribution in [0.4, 0.5) is 0 Å². The smallest absolute Gasteiger partial charge is 0.191 e. The molecule has 0 aliphatic rings. The first-order valence-corrected chi connectivity index (χ1v) is 8.17. The summed E-state index contributed by atoms with van der Waals surface area (Å²) in [4.78, 5) is 6.86. The minimum atomic E-state index is 0. The summed E-state index contributed by atoms with van der Waals surface area (Å²) in [5, 5.41) is 7.47. The third-order valence-corrected chi connectivity index (χ3v) is 4.19. The third kappa shape index (κ3) is 8.22. The number of benzene rings is 1. The van der Waals surface area contributed by atoms with E-state index >= 15 is 0 Å². The van der Waals surface area contributed by atoms with Crippen LogP contribution in [0.1, 0.15) is 26.3 Å². The van der Waals surface area contributed by atoms with Crippen LogP contribution in [0.25, 0.3) is 0 Å². The Labute approximate surface area is 163 Å². The van der Waals surface area contributed by atoms with Crippen LogP contribution in [0.3, 0.4) is 0 Å². The molecule has 4 nitrogen and oxygen atoms in total. The molecule has 0 radical (unpaired) electrons. The zero-order valence-electron chi connectivity index (χ0n) is 14.8.